The monoisotopic (exact) mass is 340 g/mol. The largest absolute Gasteiger partial charge is 0.354 e. The first-order valence-corrected chi connectivity index (χ1v) is 8.60. The van der Waals surface area contributed by atoms with E-state index in [-0.39, 0.29) is 5.91 Å². The summed E-state index contributed by atoms with van der Waals surface area (Å²) in [6, 6.07) is 7.94. The Hall–Kier alpha value is -2.40. The van der Waals surface area contributed by atoms with E-state index in [0.29, 0.717) is 12.2 Å². The fourth-order valence-corrected chi connectivity index (χ4v) is 2.81. The molecule has 2 aromatic rings. The molecule has 0 atom stereocenters. The highest BCUT2D eigenvalue weighted by atomic mass is 16.1. The fraction of sp³-hybridized carbons (Fsp3) is 0.400. The van der Waals surface area contributed by atoms with Gasteiger partial charge in [-0.05, 0) is 71.1 Å². The summed E-state index contributed by atoms with van der Waals surface area (Å²) >= 11 is 0. The summed E-state index contributed by atoms with van der Waals surface area (Å²) in [5.41, 5.74) is 6.04. The molecule has 0 aliphatic heterocycles. The highest BCUT2D eigenvalue weighted by Crippen LogP contribution is 2.25. The van der Waals surface area contributed by atoms with Crippen LogP contribution in [0.15, 0.2) is 30.5 Å². The number of benzene rings is 1. The molecule has 5 nitrogen and oxygen atoms in total. The normalized spacial score (nSPS) is 10.8. The lowest BCUT2D eigenvalue weighted by atomic mass is 10.0. The van der Waals surface area contributed by atoms with Crippen LogP contribution in [0.5, 0.6) is 0 Å². The Morgan fingerprint density at radius 3 is 2.36 bits per heavy atom. The molecule has 1 amide bonds. The van der Waals surface area contributed by atoms with Gasteiger partial charge in [0.25, 0.3) is 5.91 Å². The van der Waals surface area contributed by atoms with Crippen LogP contribution < -0.4 is 10.6 Å². The van der Waals surface area contributed by atoms with Crippen molar-refractivity contribution in [3.63, 3.8) is 0 Å². The molecule has 0 spiro atoms. The van der Waals surface area contributed by atoms with E-state index in [9.17, 15) is 4.79 Å². The number of carbonyl (C=O) groups excluding carboxylic acids is 1. The van der Waals surface area contributed by atoms with Crippen molar-refractivity contribution < 1.29 is 4.79 Å². The molecule has 0 radical (unpaired) electrons. The molecular weight excluding hydrogens is 312 g/mol. The number of pyridine rings is 1. The summed E-state index contributed by atoms with van der Waals surface area (Å²) in [6.45, 7) is 7.88. The van der Waals surface area contributed by atoms with Crippen molar-refractivity contribution in [2.75, 3.05) is 32.5 Å². The van der Waals surface area contributed by atoms with E-state index in [4.69, 9.17) is 0 Å². The van der Waals surface area contributed by atoms with Crippen LogP contribution in [0.25, 0.3) is 0 Å². The summed E-state index contributed by atoms with van der Waals surface area (Å²) < 4.78 is 0. The standard InChI is InChI=1S/C20H28N4O/c1-14-11-15(2)19(16(3)12-14)23-17-7-8-18(22-13-17)20(25)21-9-6-10-24(4)5/h7-8,11-13,23H,6,9-10H2,1-5H3,(H,21,25). The van der Waals surface area contributed by atoms with Gasteiger partial charge in [0.2, 0.25) is 0 Å². The molecule has 0 aliphatic carbocycles. The number of carbonyl (C=O) groups is 1. The fourth-order valence-electron chi connectivity index (χ4n) is 2.81. The maximum atomic E-state index is 12.1. The van der Waals surface area contributed by atoms with Gasteiger partial charge in [0.1, 0.15) is 5.69 Å². The third-order valence-corrected chi connectivity index (χ3v) is 4.01. The zero-order valence-corrected chi connectivity index (χ0v) is 15.8. The number of nitrogens with zero attached hydrogens (tertiary/aromatic N) is 2. The van der Waals surface area contributed by atoms with Crippen LogP contribution in [0, 0.1) is 20.8 Å². The second-order valence-electron chi connectivity index (χ2n) is 6.74. The lowest BCUT2D eigenvalue weighted by Crippen LogP contribution is -2.27. The molecule has 1 aromatic heterocycles. The molecule has 0 saturated heterocycles. The molecular formula is C20H28N4O. The van der Waals surface area contributed by atoms with Crippen molar-refractivity contribution in [1.29, 1.82) is 0 Å². The van der Waals surface area contributed by atoms with Crippen molar-refractivity contribution in [1.82, 2.24) is 15.2 Å². The second-order valence-corrected chi connectivity index (χ2v) is 6.74. The lowest BCUT2D eigenvalue weighted by molar-refractivity contribution is 0.0947. The maximum Gasteiger partial charge on any atom is 0.269 e. The third-order valence-electron chi connectivity index (χ3n) is 4.01. The summed E-state index contributed by atoms with van der Waals surface area (Å²) in [4.78, 5) is 18.5. The van der Waals surface area contributed by atoms with Crippen molar-refractivity contribution in [3.05, 3.63) is 52.8 Å². The highest BCUT2D eigenvalue weighted by molar-refractivity contribution is 5.92. The number of hydrogen-bond donors (Lipinski definition) is 2. The molecule has 2 rings (SSSR count). The Labute approximate surface area is 150 Å². The first-order chi connectivity index (χ1) is 11.9. The molecule has 1 aromatic carbocycles. The maximum absolute atomic E-state index is 12.1. The molecule has 0 aliphatic rings. The van der Waals surface area contributed by atoms with Crippen molar-refractivity contribution >= 4 is 17.3 Å². The second kappa shape index (κ2) is 8.62. The molecule has 0 bridgehead atoms. The minimum atomic E-state index is -0.131. The number of amides is 1. The van der Waals surface area contributed by atoms with Gasteiger partial charge < -0.3 is 15.5 Å². The SMILES string of the molecule is Cc1cc(C)c(Nc2ccc(C(=O)NCCCN(C)C)nc2)c(C)c1. The average Bonchev–Trinajstić information content (AvgIpc) is 2.55. The molecule has 1 heterocycles. The molecule has 134 valence electrons. The number of aromatic nitrogens is 1. The van der Waals surface area contributed by atoms with Crippen LogP contribution in [-0.2, 0) is 0 Å². The van der Waals surface area contributed by atoms with Gasteiger partial charge in [-0.2, -0.15) is 0 Å². The lowest BCUT2D eigenvalue weighted by Gasteiger charge is -2.14. The predicted molar refractivity (Wildman–Crippen MR) is 104 cm³/mol. The first kappa shape index (κ1) is 18.9. The van der Waals surface area contributed by atoms with Crippen LogP contribution in [-0.4, -0.2) is 43.0 Å². The van der Waals surface area contributed by atoms with Gasteiger partial charge in [0.15, 0.2) is 0 Å². The van der Waals surface area contributed by atoms with Crippen LogP contribution in [0.1, 0.15) is 33.6 Å². The minimum absolute atomic E-state index is 0.131. The topological polar surface area (TPSA) is 57.3 Å². The van der Waals surface area contributed by atoms with E-state index < -0.39 is 0 Å². The Balaban J connectivity index is 1.97. The van der Waals surface area contributed by atoms with Gasteiger partial charge in [-0.3, -0.25) is 4.79 Å². The minimum Gasteiger partial charge on any atom is -0.354 e. The number of aryl methyl sites for hydroxylation is 3. The van der Waals surface area contributed by atoms with Crippen LogP contribution in [0.2, 0.25) is 0 Å². The Morgan fingerprint density at radius 2 is 1.80 bits per heavy atom. The Morgan fingerprint density at radius 1 is 1.12 bits per heavy atom. The summed E-state index contributed by atoms with van der Waals surface area (Å²) in [5, 5.41) is 6.30. The molecule has 2 N–H and O–H groups in total. The van der Waals surface area contributed by atoms with Gasteiger partial charge in [-0.1, -0.05) is 17.7 Å². The number of rotatable bonds is 7. The number of anilines is 2. The van der Waals surface area contributed by atoms with E-state index in [0.717, 1.165) is 24.3 Å². The molecule has 0 unspecified atom stereocenters. The van der Waals surface area contributed by atoms with E-state index in [1.54, 1.807) is 12.3 Å². The van der Waals surface area contributed by atoms with Crippen LogP contribution in [0.3, 0.4) is 0 Å². The first-order valence-electron chi connectivity index (χ1n) is 8.60. The molecule has 5 heteroatoms. The van der Waals surface area contributed by atoms with Gasteiger partial charge in [0.05, 0.1) is 11.9 Å². The summed E-state index contributed by atoms with van der Waals surface area (Å²) in [6.07, 6.45) is 2.62. The number of hydrogen-bond acceptors (Lipinski definition) is 4. The average molecular weight is 340 g/mol. The van der Waals surface area contributed by atoms with Gasteiger partial charge in [-0.15, -0.1) is 0 Å². The Bertz CT molecular complexity index is 700. The van der Waals surface area contributed by atoms with E-state index in [2.05, 4.69) is 53.4 Å². The van der Waals surface area contributed by atoms with Gasteiger partial charge in [-0.25, -0.2) is 4.98 Å². The van der Waals surface area contributed by atoms with Crippen molar-refractivity contribution in [2.24, 2.45) is 0 Å². The zero-order valence-electron chi connectivity index (χ0n) is 15.8. The summed E-state index contributed by atoms with van der Waals surface area (Å²) in [7, 11) is 4.04. The smallest absolute Gasteiger partial charge is 0.269 e. The third kappa shape index (κ3) is 5.57. The Kier molecular flexibility index (Phi) is 6.53. The van der Waals surface area contributed by atoms with Crippen molar-refractivity contribution in [2.45, 2.75) is 27.2 Å². The summed E-state index contributed by atoms with van der Waals surface area (Å²) in [5.74, 6) is -0.131. The molecule has 25 heavy (non-hydrogen) atoms. The van der Waals surface area contributed by atoms with Gasteiger partial charge in [0, 0.05) is 12.2 Å². The van der Waals surface area contributed by atoms with Crippen LogP contribution >= 0.6 is 0 Å². The van der Waals surface area contributed by atoms with E-state index in [1.807, 2.05) is 20.2 Å². The van der Waals surface area contributed by atoms with E-state index >= 15 is 0 Å². The van der Waals surface area contributed by atoms with Crippen LogP contribution in [0.4, 0.5) is 11.4 Å². The predicted octanol–water partition coefficient (Wildman–Crippen LogP) is 3.43. The zero-order chi connectivity index (χ0) is 18.4. The van der Waals surface area contributed by atoms with E-state index in [1.165, 1.54) is 16.7 Å². The van der Waals surface area contributed by atoms with Gasteiger partial charge >= 0.3 is 0 Å². The van der Waals surface area contributed by atoms with Crippen molar-refractivity contribution in [3.8, 4) is 0 Å². The molecule has 0 saturated carbocycles. The quantitative estimate of drug-likeness (QED) is 0.758. The number of nitrogens with one attached hydrogen (secondary N) is 2. The highest BCUT2D eigenvalue weighted by Gasteiger charge is 2.08. The molecule has 0 fully saturated rings.